The van der Waals surface area contributed by atoms with E-state index in [1.165, 1.54) is 11.4 Å². The second-order valence-corrected chi connectivity index (χ2v) is 5.59. The molecular weight excluding hydrogens is 228 g/mol. The molecule has 1 fully saturated rings. The molecule has 4 heteroatoms. The highest BCUT2D eigenvalue weighted by Crippen LogP contribution is 2.27. The molecule has 15 heavy (non-hydrogen) atoms. The molecule has 2 unspecified atom stereocenters. The lowest BCUT2D eigenvalue weighted by molar-refractivity contribution is 0.241. The van der Waals surface area contributed by atoms with E-state index in [0.29, 0.717) is 6.04 Å². The van der Waals surface area contributed by atoms with E-state index < -0.39 is 0 Å². The summed E-state index contributed by atoms with van der Waals surface area (Å²) >= 11 is 7.76. The van der Waals surface area contributed by atoms with E-state index in [4.69, 9.17) is 11.6 Å². The molecule has 1 saturated heterocycles. The summed E-state index contributed by atoms with van der Waals surface area (Å²) in [5, 5.41) is 3.33. The molecule has 0 N–H and O–H groups in total. The van der Waals surface area contributed by atoms with Crippen molar-refractivity contribution in [2.75, 3.05) is 12.4 Å². The molecule has 0 amide bonds. The van der Waals surface area contributed by atoms with Gasteiger partial charge in [-0.05, 0) is 25.8 Å². The van der Waals surface area contributed by atoms with E-state index in [9.17, 15) is 0 Å². The molecule has 0 radical (unpaired) electrons. The number of aromatic nitrogens is 1. The van der Waals surface area contributed by atoms with Crippen LogP contribution >= 0.6 is 22.9 Å². The van der Waals surface area contributed by atoms with Gasteiger partial charge in [0, 0.05) is 23.0 Å². The standard InChI is InChI=1S/C11H17ClN2S/c1-8-3-4-14(10(8)5-12)6-11-13-9(2)7-15-11/h7-8,10H,3-6H2,1-2H3. The van der Waals surface area contributed by atoms with E-state index >= 15 is 0 Å². The van der Waals surface area contributed by atoms with E-state index in [1.54, 1.807) is 11.3 Å². The van der Waals surface area contributed by atoms with Crippen molar-refractivity contribution in [1.82, 2.24) is 9.88 Å². The fraction of sp³-hybridized carbons (Fsp3) is 0.727. The van der Waals surface area contributed by atoms with Crippen molar-refractivity contribution in [1.29, 1.82) is 0 Å². The third-order valence-corrected chi connectivity index (χ3v) is 4.43. The largest absolute Gasteiger partial charge is 0.292 e. The quantitative estimate of drug-likeness (QED) is 0.761. The molecule has 0 saturated carbocycles. The summed E-state index contributed by atoms with van der Waals surface area (Å²) in [4.78, 5) is 6.97. The van der Waals surface area contributed by atoms with Gasteiger partial charge in [-0.15, -0.1) is 22.9 Å². The van der Waals surface area contributed by atoms with Crippen LogP contribution in [0.3, 0.4) is 0 Å². The highest BCUT2D eigenvalue weighted by Gasteiger charge is 2.30. The Morgan fingerprint density at radius 1 is 1.67 bits per heavy atom. The molecule has 2 nitrogen and oxygen atoms in total. The van der Waals surface area contributed by atoms with Gasteiger partial charge >= 0.3 is 0 Å². The van der Waals surface area contributed by atoms with E-state index in [0.717, 1.165) is 30.6 Å². The molecule has 0 bridgehead atoms. The van der Waals surface area contributed by atoms with Gasteiger partial charge in [0.25, 0.3) is 0 Å². The number of halogens is 1. The van der Waals surface area contributed by atoms with Crippen molar-refractivity contribution < 1.29 is 0 Å². The summed E-state index contributed by atoms with van der Waals surface area (Å²) in [5.41, 5.74) is 1.13. The zero-order valence-electron chi connectivity index (χ0n) is 9.24. The molecule has 2 atom stereocenters. The van der Waals surface area contributed by atoms with Crippen molar-refractivity contribution in [2.24, 2.45) is 5.92 Å². The molecule has 1 aromatic rings. The number of aryl methyl sites for hydroxylation is 1. The number of thiazole rings is 1. The average Bonchev–Trinajstić information content (AvgIpc) is 2.75. The van der Waals surface area contributed by atoms with Gasteiger partial charge in [0.2, 0.25) is 0 Å². The van der Waals surface area contributed by atoms with Gasteiger partial charge in [0.15, 0.2) is 0 Å². The maximum atomic E-state index is 6.01. The minimum atomic E-state index is 0.538. The third-order valence-electron chi connectivity index (χ3n) is 3.16. The summed E-state index contributed by atoms with van der Waals surface area (Å²) in [6, 6.07) is 0.538. The van der Waals surface area contributed by atoms with Gasteiger partial charge in [-0.3, -0.25) is 4.90 Å². The lowest BCUT2D eigenvalue weighted by atomic mass is 10.1. The molecule has 1 aromatic heterocycles. The zero-order valence-corrected chi connectivity index (χ0v) is 10.8. The Kier molecular flexibility index (Phi) is 3.65. The monoisotopic (exact) mass is 244 g/mol. The van der Waals surface area contributed by atoms with Crippen LogP contribution in [0.25, 0.3) is 0 Å². The fourth-order valence-corrected chi connectivity index (χ4v) is 3.48. The van der Waals surface area contributed by atoms with Crippen LogP contribution in [0.4, 0.5) is 0 Å². The summed E-state index contributed by atoms with van der Waals surface area (Å²) in [7, 11) is 0. The molecule has 2 heterocycles. The Morgan fingerprint density at radius 3 is 3.07 bits per heavy atom. The molecule has 1 aliphatic heterocycles. The molecule has 0 aromatic carbocycles. The van der Waals surface area contributed by atoms with Gasteiger partial charge in [-0.2, -0.15) is 0 Å². The Morgan fingerprint density at radius 2 is 2.47 bits per heavy atom. The van der Waals surface area contributed by atoms with Crippen molar-refractivity contribution >= 4 is 22.9 Å². The first-order chi connectivity index (χ1) is 7.20. The average molecular weight is 245 g/mol. The van der Waals surface area contributed by atoms with Crippen LogP contribution in [-0.2, 0) is 6.54 Å². The first kappa shape index (κ1) is 11.4. The SMILES string of the molecule is Cc1csc(CN2CCC(C)C2CCl)n1. The summed E-state index contributed by atoms with van der Waals surface area (Å²) in [5.74, 6) is 1.47. The first-order valence-electron chi connectivity index (χ1n) is 5.41. The predicted octanol–water partition coefficient (Wildman–Crippen LogP) is 2.90. The van der Waals surface area contributed by atoms with Crippen LogP contribution in [0.15, 0.2) is 5.38 Å². The fourth-order valence-electron chi connectivity index (χ4n) is 2.18. The lowest BCUT2D eigenvalue weighted by Gasteiger charge is -2.23. The first-order valence-corrected chi connectivity index (χ1v) is 6.83. The zero-order chi connectivity index (χ0) is 10.8. The van der Waals surface area contributed by atoms with Gasteiger partial charge in [0.05, 0.1) is 6.54 Å². The van der Waals surface area contributed by atoms with Crippen LogP contribution in [0, 0.1) is 12.8 Å². The van der Waals surface area contributed by atoms with Gasteiger partial charge in [-0.1, -0.05) is 6.92 Å². The molecule has 0 spiro atoms. The second-order valence-electron chi connectivity index (χ2n) is 4.34. The minimum Gasteiger partial charge on any atom is -0.292 e. The Labute approximate surface area is 100 Å². The maximum absolute atomic E-state index is 6.01. The molecule has 0 aliphatic carbocycles. The highest BCUT2D eigenvalue weighted by atomic mass is 35.5. The summed E-state index contributed by atoms with van der Waals surface area (Å²) < 4.78 is 0. The van der Waals surface area contributed by atoms with Crippen LogP contribution in [0.1, 0.15) is 24.0 Å². The topological polar surface area (TPSA) is 16.1 Å². The molecular formula is C11H17ClN2S. The summed E-state index contributed by atoms with van der Waals surface area (Å²) in [6.45, 7) is 6.48. The van der Waals surface area contributed by atoms with Crippen molar-refractivity contribution in [2.45, 2.75) is 32.9 Å². The lowest BCUT2D eigenvalue weighted by Crippen LogP contribution is -2.33. The number of likely N-dealkylation sites (tertiary alicyclic amines) is 1. The number of alkyl halides is 1. The van der Waals surface area contributed by atoms with Crippen molar-refractivity contribution in [3.63, 3.8) is 0 Å². The number of rotatable bonds is 3. The van der Waals surface area contributed by atoms with Crippen LogP contribution in [0.2, 0.25) is 0 Å². The Balaban J connectivity index is 2.00. The van der Waals surface area contributed by atoms with E-state index in [2.05, 4.69) is 22.2 Å². The van der Waals surface area contributed by atoms with Crippen molar-refractivity contribution in [3.8, 4) is 0 Å². The Bertz CT molecular complexity index is 326. The van der Waals surface area contributed by atoms with Crippen LogP contribution < -0.4 is 0 Å². The van der Waals surface area contributed by atoms with Crippen LogP contribution in [-0.4, -0.2) is 28.4 Å². The van der Waals surface area contributed by atoms with Gasteiger partial charge in [0.1, 0.15) is 5.01 Å². The number of hydrogen-bond acceptors (Lipinski definition) is 3. The van der Waals surface area contributed by atoms with E-state index in [1.807, 2.05) is 6.92 Å². The maximum Gasteiger partial charge on any atom is 0.107 e. The second kappa shape index (κ2) is 4.81. The molecule has 2 rings (SSSR count). The molecule has 84 valence electrons. The predicted molar refractivity (Wildman–Crippen MR) is 65.6 cm³/mol. The van der Waals surface area contributed by atoms with Gasteiger partial charge in [-0.25, -0.2) is 4.98 Å². The highest BCUT2D eigenvalue weighted by molar-refractivity contribution is 7.09. The third kappa shape index (κ3) is 2.52. The van der Waals surface area contributed by atoms with Crippen LogP contribution in [0.5, 0.6) is 0 Å². The van der Waals surface area contributed by atoms with E-state index in [-0.39, 0.29) is 0 Å². The minimum absolute atomic E-state index is 0.538. The summed E-state index contributed by atoms with van der Waals surface area (Å²) in [6.07, 6.45) is 1.27. The van der Waals surface area contributed by atoms with Crippen molar-refractivity contribution in [3.05, 3.63) is 16.1 Å². The van der Waals surface area contributed by atoms with Gasteiger partial charge < -0.3 is 0 Å². The Hall–Kier alpha value is -0.120. The number of nitrogens with zero attached hydrogens (tertiary/aromatic N) is 2. The number of hydrogen-bond donors (Lipinski definition) is 0. The normalized spacial score (nSPS) is 27.4. The smallest absolute Gasteiger partial charge is 0.107 e. The molecule has 1 aliphatic rings.